The molecule has 3 rings (SSSR count). The van der Waals surface area contributed by atoms with Crippen LogP contribution in [0.1, 0.15) is 48.9 Å². The van der Waals surface area contributed by atoms with Gasteiger partial charge in [-0.15, -0.1) is 0 Å². The van der Waals surface area contributed by atoms with Crippen LogP contribution in [0.25, 0.3) is 11.1 Å². The number of ether oxygens (including phenoxy) is 1. The third kappa shape index (κ3) is 5.22. The summed E-state index contributed by atoms with van der Waals surface area (Å²) in [5.74, 6) is -0.175. The molecule has 0 bridgehead atoms. The summed E-state index contributed by atoms with van der Waals surface area (Å²) < 4.78 is 5.86. The molecule has 1 amide bonds. The van der Waals surface area contributed by atoms with Gasteiger partial charge < -0.3 is 10.1 Å². The third-order valence-corrected chi connectivity index (χ3v) is 5.89. The van der Waals surface area contributed by atoms with Crippen molar-refractivity contribution >= 4 is 27.8 Å². The first-order chi connectivity index (χ1) is 13.6. The molecule has 0 aliphatic heterocycles. The Hall–Kier alpha value is -2.14. The molecule has 4 nitrogen and oxygen atoms in total. The molecular formula is C23H26BrNO3. The maximum absolute atomic E-state index is 13.1. The maximum atomic E-state index is 13.1. The molecule has 2 aromatic rings. The first-order valence-corrected chi connectivity index (χ1v) is 10.6. The average Bonchev–Trinajstić information content (AvgIpc) is 2.74. The topological polar surface area (TPSA) is 55.4 Å². The number of esters is 1. The van der Waals surface area contributed by atoms with Crippen LogP contribution in [-0.4, -0.2) is 25.0 Å². The zero-order valence-electron chi connectivity index (χ0n) is 16.1. The predicted molar refractivity (Wildman–Crippen MR) is 114 cm³/mol. The molecule has 2 aromatic carbocycles. The minimum absolute atomic E-state index is 0.252. The molecule has 28 heavy (non-hydrogen) atoms. The summed E-state index contributed by atoms with van der Waals surface area (Å²) in [5, 5.41) is 2.93. The summed E-state index contributed by atoms with van der Waals surface area (Å²) in [4.78, 5) is 25.4. The Balaban J connectivity index is 1.82. The third-order valence-electron chi connectivity index (χ3n) is 5.40. The summed E-state index contributed by atoms with van der Waals surface area (Å²) in [5.41, 5.74) is 2.33. The van der Waals surface area contributed by atoms with Crippen molar-refractivity contribution in [2.75, 3.05) is 7.11 Å². The Morgan fingerprint density at radius 3 is 2.50 bits per heavy atom. The van der Waals surface area contributed by atoms with Gasteiger partial charge in [-0.05, 0) is 41.7 Å². The first kappa shape index (κ1) is 20.6. The van der Waals surface area contributed by atoms with Crippen molar-refractivity contribution in [3.05, 3.63) is 58.6 Å². The number of halogens is 1. The smallest absolute Gasteiger partial charge is 0.328 e. The molecule has 5 heteroatoms. The molecule has 1 fully saturated rings. The fourth-order valence-corrected chi connectivity index (χ4v) is 4.28. The van der Waals surface area contributed by atoms with Crippen molar-refractivity contribution < 1.29 is 14.3 Å². The Bertz CT molecular complexity index is 816. The first-order valence-electron chi connectivity index (χ1n) is 9.82. The van der Waals surface area contributed by atoms with E-state index in [-0.39, 0.29) is 11.9 Å². The number of amides is 1. The molecule has 0 aromatic heterocycles. The van der Waals surface area contributed by atoms with Crippen LogP contribution in [0.4, 0.5) is 0 Å². The molecule has 1 atom stereocenters. The molecule has 148 valence electrons. The van der Waals surface area contributed by atoms with Crippen molar-refractivity contribution in [2.24, 2.45) is 5.92 Å². The van der Waals surface area contributed by atoms with Crippen LogP contribution in [-0.2, 0) is 9.53 Å². The van der Waals surface area contributed by atoms with Gasteiger partial charge in [0.15, 0.2) is 0 Å². The normalized spacial score (nSPS) is 15.6. The Kier molecular flexibility index (Phi) is 7.26. The van der Waals surface area contributed by atoms with Crippen LogP contribution < -0.4 is 5.32 Å². The lowest BCUT2D eigenvalue weighted by molar-refractivity contribution is -0.143. The highest BCUT2D eigenvalue weighted by Gasteiger charge is 2.27. The summed E-state index contributed by atoms with van der Waals surface area (Å²) in [7, 11) is 1.37. The second-order valence-electron chi connectivity index (χ2n) is 7.34. The zero-order valence-corrected chi connectivity index (χ0v) is 17.7. The van der Waals surface area contributed by atoms with Gasteiger partial charge in [0.25, 0.3) is 5.91 Å². The lowest BCUT2D eigenvalue weighted by Crippen LogP contribution is -2.43. The van der Waals surface area contributed by atoms with Crippen molar-refractivity contribution in [3.8, 4) is 11.1 Å². The number of methoxy groups -OCH3 is 1. The summed E-state index contributed by atoms with van der Waals surface area (Å²) in [6.45, 7) is 0. The van der Waals surface area contributed by atoms with Gasteiger partial charge >= 0.3 is 5.97 Å². The zero-order chi connectivity index (χ0) is 19.9. The number of benzene rings is 2. The monoisotopic (exact) mass is 443 g/mol. The molecular weight excluding hydrogens is 418 g/mol. The number of carbonyl (C=O) groups excluding carboxylic acids is 2. The Morgan fingerprint density at radius 2 is 1.82 bits per heavy atom. The van der Waals surface area contributed by atoms with Gasteiger partial charge in [0.2, 0.25) is 0 Å². The predicted octanol–water partition coefficient (Wildman–Crippen LogP) is 5.36. The van der Waals surface area contributed by atoms with Crippen molar-refractivity contribution in [3.63, 3.8) is 0 Å². The van der Waals surface area contributed by atoms with E-state index in [0.717, 1.165) is 28.4 Å². The van der Waals surface area contributed by atoms with Gasteiger partial charge in [0, 0.05) is 10.0 Å². The van der Waals surface area contributed by atoms with E-state index in [9.17, 15) is 9.59 Å². The van der Waals surface area contributed by atoms with Crippen molar-refractivity contribution in [1.29, 1.82) is 0 Å². The maximum Gasteiger partial charge on any atom is 0.328 e. The van der Waals surface area contributed by atoms with Crippen LogP contribution in [0.5, 0.6) is 0 Å². The number of rotatable bonds is 6. The molecule has 1 N–H and O–H groups in total. The van der Waals surface area contributed by atoms with E-state index in [2.05, 4.69) is 21.2 Å². The van der Waals surface area contributed by atoms with Crippen LogP contribution >= 0.6 is 15.9 Å². The molecule has 1 aliphatic carbocycles. The van der Waals surface area contributed by atoms with E-state index in [0.29, 0.717) is 17.9 Å². The lowest BCUT2D eigenvalue weighted by atomic mass is 9.84. The molecule has 0 saturated heterocycles. The standard InChI is InChI=1S/C23H26BrNO3/c1-28-23(27)21(14-16-8-4-2-5-9-16)25-22(26)19-13-12-18(24)15-20(19)17-10-6-3-7-11-17/h3,6-7,10-13,15-16,21H,2,4-5,8-9,14H2,1H3,(H,25,26)/t21-/m0/s1. The van der Waals surface area contributed by atoms with Gasteiger partial charge in [-0.1, -0.05) is 78.4 Å². The number of carbonyl (C=O) groups is 2. The van der Waals surface area contributed by atoms with Crippen LogP contribution in [0, 0.1) is 5.92 Å². The van der Waals surface area contributed by atoms with Gasteiger partial charge in [-0.25, -0.2) is 4.79 Å². The minimum atomic E-state index is -0.618. The fraction of sp³-hybridized carbons (Fsp3) is 0.391. The van der Waals surface area contributed by atoms with Crippen molar-refractivity contribution in [2.45, 2.75) is 44.6 Å². The molecule has 0 spiro atoms. The van der Waals surface area contributed by atoms with Gasteiger partial charge in [0.05, 0.1) is 7.11 Å². The second-order valence-corrected chi connectivity index (χ2v) is 8.26. The van der Waals surface area contributed by atoms with Crippen molar-refractivity contribution in [1.82, 2.24) is 5.32 Å². The fourth-order valence-electron chi connectivity index (χ4n) is 3.92. The minimum Gasteiger partial charge on any atom is -0.467 e. The van der Waals surface area contributed by atoms with E-state index in [1.54, 1.807) is 6.07 Å². The van der Waals surface area contributed by atoms with Gasteiger partial charge in [-0.3, -0.25) is 4.79 Å². The van der Waals surface area contributed by atoms with E-state index in [4.69, 9.17) is 4.74 Å². The quantitative estimate of drug-likeness (QED) is 0.611. The SMILES string of the molecule is COC(=O)[C@H](CC1CCCCC1)NC(=O)c1ccc(Br)cc1-c1ccccc1. The molecule has 0 radical (unpaired) electrons. The highest BCUT2D eigenvalue weighted by molar-refractivity contribution is 9.10. The van der Waals surface area contributed by atoms with Gasteiger partial charge in [-0.2, -0.15) is 0 Å². The van der Waals surface area contributed by atoms with Gasteiger partial charge in [0.1, 0.15) is 6.04 Å². The van der Waals surface area contributed by atoms with E-state index in [1.165, 1.54) is 26.4 Å². The highest BCUT2D eigenvalue weighted by Crippen LogP contribution is 2.29. The number of nitrogens with one attached hydrogen (secondary N) is 1. The number of hydrogen-bond donors (Lipinski definition) is 1. The Labute approximate surface area is 174 Å². The highest BCUT2D eigenvalue weighted by atomic mass is 79.9. The average molecular weight is 444 g/mol. The summed E-state index contributed by atoms with van der Waals surface area (Å²) in [6, 6.07) is 14.7. The molecule has 0 unspecified atom stereocenters. The number of hydrogen-bond acceptors (Lipinski definition) is 3. The Morgan fingerprint density at radius 1 is 1.11 bits per heavy atom. The van der Waals surface area contributed by atoms with E-state index >= 15 is 0 Å². The summed E-state index contributed by atoms with van der Waals surface area (Å²) in [6.07, 6.45) is 6.49. The van der Waals surface area contributed by atoms with E-state index < -0.39 is 6.04 Å². The largest absolute Gasteiger partial charge is 0.467 e. The van der Waals surface area contributed by atoms with E-state index in [1.807, 2.05) is 42.5 Å². The second kappa shape index (κ2) is 9.87. The molecule has 1 aliphatic rings. The summed E-state index contributed by atoms with van der Waals surface area (Å²) >= 11 is 3.49. The van der Waals surface area contributed by atoms with Crippen LogP contribution in [0.15, 0.2) is 53.0 Å². The lowest BCUT2D eigenvalue weighted by Gasteiger charge is -2.26. The van der Waals surface area contributed by atoms with Crippen LogP contribution in [0.2, 0.25) is 0 Å². The van der Waals surface area contributed by atoms with Crippen LogP contribution in [0.3, 0.4) is 0 Å². The molecule has 0 heterocycles. The molecule has 1 saturated carbocycles.